The van der Waals surface area contributed by atoms with Crippen molar-refractivity contribution in [3.63, 3.8) is 0 Å². The topological polar surface area (TPSA) is 394 Å². The maximum Gasteiger partial charge on any atom is 0.187 e. The van der Waals surface area contributed by atoms with Crippen LogP contribution in [0.25, 0.3) is 0 Å². The third-order valence-electron chi connectivity index (χ3n) is 22.7. The Morgan fingerprint density at radius 2 is 1.01 bits per heavy atom. The van der Waals surface area contributed by atoms with Crippen LogP contribution in [0.3, 0.4) is 0 Å². The van der Waals surface area contributed by atoms with Crippen LogP contribution in [0.2, 0.25) is 0 Å². The van der Waals surface area contributed by atoms with Gasteiger partial charge >= 0.3 is 0 Å². The van der Waals surface area contributed by atoms with E-state index in [2.05, 4.69) is 27.7 Å². The van der Waals surface area contributed by atoms with Crippen molar-refractivity contribution in [1.82, 2.24) is 0 Å². The van der Waals surface area contributed by atoms with Gasteiger partial charge in [0.1, 0.15) is 110 Å². The first kappa shape index (κ1) is 64.5. The summed E-state index contributed by atoms with van der Waals surface area (Å²) < 4.78 is 74.4. The molecule has 4 saturated carbocycles. The Morgan fingerprint density at radius 1 is 0.452 bits per heavy atom. The summed E-state index contributed by atoms with van der Waals surface area (Å²) in [6.07, 6.45) is -34.0. The van der Waals surface area contributed by atoms with Gasteiger partial charge in [0.2, 0.25) is 0 Å². The molecule has 11 rings (SSSR count). The van der Waals surface area contributed by atoms with Crippen LogP contribution in [0, 0.1) is 52.3 Å². The van der Waals surface area contributed by atoms with E-state index in [-0.39, 0.29) is 29.5 Å². The first-order valence-electron chi connectivity index (χ1n) is 31.1. The first-order valence-corrected chi connectivity index (χ1v) is 31.1. The van der Waals surface area contributed by atoms with Crippen molar-refractivity contribution >= 4 is 0 Å². The maximum atomic E-state index is 12.0. The lowest BCUT2D eigenvalue weighted by molar-refractivity contribution is -0.411. The van der Waals surface area contributed by atoms with Crippen molar-refractivity contribution in [2.24, 2.45) is 52.3 Å². The summed E-state index contributed by atoms with van der Waals surface area (Å²) in [5.41, 5.74) is 0.233. The second-order valence-electron chi connectivity index (χ2n) is 27.3. The van der Waals surface area contributed by atoms with Crippen LogP contribution in [0.5, 0.6) is 0 Å². The van der Waals surface area contributed by atoms with Crippen LogP contribution in [-0.4, -0.2) is 269 Å². The number of ether oxygens (including phenoxy) is 12. The van der Waals surface area contributed by atoms with Gasteiger partial charge in [-0.15, -0.1) is 0 Å². The molecule has 0 aromatic carbocycles. The molecule has 1 spiro atoms. The predicted octanol–water partition coefficient (Wildman–Crippen LogP) is -2.64. The zero-order valence-electron chi connectivity index (χ0n) is 48.9. The van der Waals surface area contributed by atoms with Crippen molar-refractivity contribution < 1.29 is 128 Å². The van der Waals surface area contributed by atoms with Crippen LogP contribution in [0.1, 0.15) is 112 Å². The third kappa shape index (κ3) is 11.2. The van der Waals surface area contributed by atoms with Gasteiger partial charge < -0.3 is 128 Å². The standard InChI is InChI=1S/C58H96O26/c1-7-30-37(63)41(67)44(70)53(76-30)82-49-39(65)33(19-60)78-55(50(49)83-54-46(72)48(38(64)32(18-59)77-54)81-51-43(69)40(66)36(62)24(4)74-51)80-47-34(20-61)79-52(45(71)42(47)68)75-26-11-13-56(5)25(16-26)8-9-27-28(56)12-14-57(6)29(27)17-31-35(57)23(3)58(84-31)15-10-22(2)21-73-58/h22-55,59-72H,7-21H2,1-6H3. The van der Waals surface area contributed by atoms with Crippen molar-refractivity contribution in [3.05, 3.63) is 0 Å². The van der Waals surface area contributed by atoms with Crippen molar-refractivity contribution in [3.8, 4) is 0 Å². The van der Waals surface area contributed by atoms with Crippen molar-refractivity contribution in [2.75, 3.05) is 26.4 Å². The molecule has 84 heavy (non-hydrogen) atoms. The molecule has 37 unspecified atom stereocenters. The van der Waals surface area contributed by atoms with Crippen molar-refractivity contribution in [1.29, 1.82) is 0 Å². The summed E-state index contributed by atoms with van der Waals surface area (Å²) >= 11 is 0. The Morgan fingerprint density at radius 3 is 1.68 bits per heavy atom. The fraction of sp³-hybridized carbons (Fsp3) is 1.00. The molecule has 0 amide bonds. The molecule has 484 valence electrons. The van der Waals surface area contributed by atoms with Crippen LogP contribution in [0.4, 0.5) is 0 Å². The number of fused-ring (bicyclic) bond motifs is 7. The second kappa shape index (κ2) is 25.2. The van der Waals surface area contributed by atoms with Gasteiger partial charge in [-0.2, -0.15) is 0 Å². The highest BCUT2D eigenvalue weighted by Crippen LogP contribution is 2.71. The highest BCUT2D eigenvalue weighted by atomic mass is 16.8. The molecule has 7 heterocycles. The lowest BCUT2D eigenvalue weighted by Gasteiger charge is -2.61. The predicted molar refractivity (Wildman–Crippen MR) is 283 cm³/mol. The number of rotatable bonds is 14. The van der Waals surface area contributed by atoms with Crippen LogP contribution < -0.4 is 0 Å². The zero-order valence-corrected chi connectivity index (χ0v) is 48.9. The average Bonchev–Trinajstić information content (AvgIpc) is 2.21. The van der Waals surface area contributed by atoms with Gasteiger partial charge in [0.25, 0.3) is 0 Å². The van der Waals surface area contributed by atoms with Crippen molar-refractivity contribution in [2.45, 2.75) is 284 Å². The van der Waals surface area contributed by atoms with Gasteiger partial charge in [-0.25, -0.2) is 0 Å². The average molecular weight is 1210 g/mol. The van der Waals surface area contributed by atoms with Gasteiger partial charge in [-0.1, -0.05) is 34.6 Å². The molecular formula is C58H96O26. The van der Waals surface area contributed by atoms with E-state index in [4.69, 9.17) is 56.8 Å². The number of hydrogen-bond acceptors (Lipinski definition) is 26. The Labute approximate surface area is 489 Å². The first-order chi connectivity index (χ1) is 39.9. The monoisotopic (exact) mass is 1210 g/mol. The van der Waals surface area contributed by atoms with E-state index in [1.54, 1.807) is 6.92 Å². The minimum Gasteiger partial charge on any atom is -0.394 e. The molecular weight excluding hydrogens is 1110 g/mol. The summed E-state index contributed by atoms with van der Waals surface area (Å²) in [4.78, 5) is 0. The fourth-order valence-electron chi connectivity index (χ4n) is 17.8. The van der Waals surface area contributed by atoms with E-state index in [0.29, 0.717) is 54.3 Å². The molecule has 4 aliphatic carbocycles. The summed E-state index contributed by atoms with van der Waals surface area (Å²) in [6, 6.07) is 0. The molecule has 37 atom stereocenters. The second-order valence-corrected chi connectivity index (χ2v) is 27.3. The minimum atomic E-state index is -2.12. The molecule has 0 aromatic rings. The van der Waals surface area contributed by atoms with E-state index in [1.165, 1.54) is 6.92 Å². The quantitative estimate of drug-likeness (QED) is 0.0791. The summed E-state index contributed by atoms with van der Waals surface area (Å²) in [5, 5.41) is 155. The highest BCUT2D eigenvalue weighted by molar-refractivity contribution is 5.16. The zero-order chi connectivity index (χ0) is 60.2. The molecule has 7 saturated heterocycles. The van der Waals surface area contributed by atoms with Gasteiger partial charge in [0, 0.05) is 12.3 Å². The lowest BCUT2D eigenvalue weighted by atomic mass is 9.44. The molecule has 7 aliphatic heterocycles. The van der Waals surface area contributed by atoms with Gasteiger partial charge in [-0.3, -0.25) is 0 Å². The molecule has 11 aliphatic rings. The smallest absolute Gasteiger partial charge is 0.187 e. The van der Waals surface area contributed by atoms with E-state index >= 15 is 0 Å². The fourth-order valence-corrected chi connectivity index (χ4v) is 17.8. The highest BCUT2D eigenvalue weighted by Gasteiger charge is 2.70. The number of aliphatic hydroxyl groups excluding tert-OH is 14. The normalized spacial score (nSPS) is 57.7. The summed E-state index contributed by atoms with van der Waals surface area (Å²) in [5.74, 6) is 2.87. The van der Waals surface area contributed by atoms with E-state index < -0.39 is 179 Å². The molecule has 26 nitrogen and oxygen atoms in total. The van der Waals surface area contributed by atoms with Gasteiger partial charge in [-0.05, 0) is 117 Å². The molecule has 26 heteroatoms. The minimum absolute atomic E-state index is 0.0565. The number of aliphatic hydroxyl groups is 14. The maximum absolute atomic E-state index is 12.0. The van der Waals surface area contributed by atoms with Crippen LogP contribution in [0.15, 0.2) is 0 Å². The number of hydrogen-bond donors (Lipinski definition) is 14. The van der Waals surface area contributed by atoms with Crippen LogP contribution in [-0.2, 0) is 56.8 Å². The SMILES string of the molecule is CCC1OC(OC2C(O)C(CO)OC(OC3C(CO)OC(OC4CCC5(C)C(CCC6C5CCC5(C)C6CC6OC7(CCC(C)CO7)C(C)C65)C4)C(O)C3O)C2OC2OC(CO)C(O)C(OC3OC(C)C(O)C(O)C3O)C2O)C(O)C(O)C1O. The molecule has 14 N–H and O–H groups in total. The largest absolute Gasteiger partial charge is 0.394 e. The molecule has 11 fully saturated rings. The molecule has 0 radical (unpaired) electrons. The van der Waals surface area contributed by atoms with Crippen LogP contribution >= 0.6 is 0 Å². The van der Waals surface area contributed by atoms with Gasteiger partial charge in [0.15, 0.2) is 37.2 Å². The Hall–Kier alpha value is -1.04. The Bertz CT molecular complexity index is 2180. The molecule has 0 bridgehead atoms. The lowest BCUT2D eigenvalue weighted by Crippen LogP contribution is -2.69. The third-order valence-corrected chi connectivity index (χ3v) is 22.7. The summed E-state index contributed by atoms with van der Waals surface area (Å²) in [6.45, 7) is 10.7. The van der Waals surface area contributed by atoms with Gasteiger partial charge in [0.05, 0.1) is 50.8 Å². The van der Waals surface area contributed by atoms with E-state index in [1.807, 2.05) is 0 Å². The molecule has 0 aromatic heterocycles. The van der Waals surface area contributed by atoms with E-state index in [0.717, 1.165) is 58.0 Å². The Balaban J connectivity index is 0.792. The Kier molecular flexibility index (Phi) is 19.4. The summed E-state index contributed by atoms with van der Waals surface area (Å²) in [7, 11) is 0. The van der Waals surface area contributed by atoms with E-state index in [9.17, 15) is 71.5 Å².